The number of fused-ring (bicyclic) bond motifs is 1. The molecule has 0 unspecified atom stereocenters. The van der Waals surface area contributed by atoms with Crippen LogP contribution in [0.25, 0.3) is 16.3 Å². The average Bonchev–Trinajstić information content (AvgIpc) is 3.62. The second-order valence-electron chi connectivity index (χ2n) is 9.63. The minimum atomic E-state index is -0.282. The lowest BCUT2D eigenvalue weighted by Crippen LogP contribution is -2.42. The number of hydrogen-bond donors (Lipinski definition) is 1. The first-order chi connectivity index (χ1) is 20.0. The van der Waals surface area contributed by atoms with Crippen LogP contribution in [0.3, 0.4) is 0 Å². The third kappa shape index (κ3) is 5.79. The molecule has 1 aliphatic heterocycles. The molecule has 3 aromatic heterocycles. The highest BCUT2D eigenvalue weighted by Gasteiger charge is 2.38. The van der Waals surface area contributed by atoms with Gasteiger partial charge in [-0.05, 0) is 60.3 Å². The summed E-state index contributed by atoms with van der Waals surface area (Å²) in [6.45, 7) is 2.15. The number of aromatic nitrogens is 3. The Bertz CT molecular complexity index is 1690. The maximum absolute atomic E-state index is 13.8. The molecule has 0 radical (unpaired) electrons. The zero-order valence-corrected chi connectivity index (χ0v) is 24.5. The van der Waals surface area contributed by atoms with Crippen molar-refractivity contribution in [3.63, 3.8) is 0 Å². The number of carbonyl (C=O) groups excluding carboxylic acids is 2. The molecule has 5 aromatic rings. The fourth-order valence-corrected chi connectivity index (χ4v) is 6.91. The average molecular weight is 600 g/mol. The number of nitrogens with one attached hydrogen (secondary N) is 1. The van der Waals surface area contributed by atoms with Crippen molar-refractivity contribution in [1.82, 2.24) is 20.1 Å². The Kier molecular flexibility index (Phi) is 7.91. The van der Waals surface area contributed by atoms with Crippen LogP contribution in [-0.4, -0.2) is 38.9 Å². The number of amides is 2. The molecule has 0 saturated carbocycles. The van der Waals surface area contributed by atoms with E-state index >= 15 is 0 Å². The summed E-state index contributed by atoms with van der Waals surface area (Å²) in [7, 11) is 0. The van der Waals surface area contributed by atoms with Crippen molar-refractivity contribution >= 4 is 52.3 Å². The first-order valence-corrected chi connectivity index (χ1v) is 15.4. The summed E-state index contributed by atoms with van der Waals surface area (Å²) in [6.07, 6.45) is 1.69. The Balaban J connectivity index is 1.50. The van der Waals surface area contributed by atoms with E-state index in [1.807, 2.05) is 91.2 Å². The van der Waals surface area contributed by atoms with E-state index < -0.39 is 0 Å². The van der Waals surface area contributed by atoms with Crippen molar-refractivity contribution in [2.45, 2.75) is 18.7 Å². The van der Waals surface area contributed by atoms with E-state index in [2.05, 4.69) is 10.3 Å². The van der Waals surface area contributed by atoms with E-state index in [1.165, 1.54) is 11.8 Å². The number of anilines is 1. The van der Waals surface area contributed by atoms with Crippen molar-refractivity contribution in [3.05, 3.63) is 118 Å². The Morgan fingerprint density at radius 1 is 1.07 bits per heavy atom. The molecule has 0 spiro atoms. The van der Waals surface area contributed by atoms with E-state index in [-0.39, 0.29) is 35.9 Å². The number of pyridine rings is 1. The summed E-state index contributed by atoms with van der Waals surface area (Å²) in [6, 6.07) is 25.3. The van der Waals surface area contributed by atoms with Gasteiger partial charge in [-0.3, -0.25) is 19.5 Å². The standard InChI is InChI=1S/C31H26ClN5O2S2/c1-20-10-12-24(13-11-20)37-31-28(29(35-37)25-9-5-15-40-25)30(21-6-4-7-22(32)16-21)41-19-27(39)36(31)18-26(38)34-17-23-8-2-3-14-33-23/h2-16,30H,17-19H2,1H3,(H,34,38)/t30-/m0/s1. The van der Waals surface area contributed by atoms with Crippen LogP contribution in [0.5, 0.6) is 0 Å². The zero-order chi connectivity index (χ0) is 28.3. The van der Waals surface area contributed by atoms with Gasteiger partial charge < -0.3 is 5.32 Å². The Morgan fingerprint density at radius 2 is 1.93 bits per heavy atom. The highest BCUT2D eigenvalue weighted by molar-refractivity contribution is 8.00. The smallest absolute Gasteiger partial charge is 0.240 e. The Labute approximate surface area is 251 Å². The van der Waals surface area contributed by atoms with Crippen molar-refractivity contribution < 1.29 is 9.59 Å². The number of halogens is 1. The predicted molar refractivity (Wildman–Crippen MR) is 166 cm³/mol. The number of carbonyl (C=O) groups is 2. The van der Waals surface area contributed by atoms with Crippen molar-refractivity contribution in [2.24, 2.45) is 0 Å². The van der Waals surface area contributed by atoms with Crippen molar-refractivity contribution in [1.29, 1.82) is 0 Å². The van der Waals surface area contributed by atoms with Gasteiger partial charge in [0.15, 0.2) is 0 Å². The fourth-order valence-electron chi connectivity index (χ4n) is 4.80. The SMILES string of the molecule is Cc1ccc(-n2nc(-c3cccs3)c3c2N(CC(=O)NCc2ccccn2)C(=O)CS[C@H]3c2cccc(Cl)c2)cc1. The van der Waals surface area contributed by atoms with Crippen LogP contribution in [0.1, 0.15) is 27.6 Å². The molecule has 2 aromatic carbocycles. The van der Waals surface area contributed by atoms with Crippen LogP contribution in [0.4, 0.5) is 5.82 Å². The summed E-state index contributed by atoms with van der Waals surface area (Å²) in [4.78, 5) is 33.9. The number of rotatable bonds is 7. The van der Waals surface area contributed by atoms with Crippen LogP contribution in [0, 0.1) is 6.92 Å². The van der Waals surface area contributed by atoms with Gasteiger partial charge in [-0.15, -0.1) is 23.1 Å². The first-order valence-electron chi connectivity index (χ1n) is 13.1. The lowest BCUT2D eigenvalue weighted by atomic mass is 10.0. The maximum atomic E-state index is 13.8. The normalized spacial score (nSPS) is 14.9. The predicted octanol–water partition coefficient (Wildman–Crippen LogP) is 6.44. The summed E-state index contributed by atoms with van der Waals surface area (Å²) in [5.74, 6) is 0.331. The molecular weight excluding hydrogens is 574 g/mol. The van der Waals surface area contributed by atoms with Crippen LogP contribution < -0.4 is 10.2 Å². The van der Waals surface area contributed by atoms with E-state index in [9.17, 15) is 9.59 Å². The molecule has 10 heteroatoms. The molecule has 7 nitrogen and oxygen atoms in total. The van der Waals surface area contributed by atoms with Gasteiger partial charge in [-0.1, -0.05) is 53.6 Å². The highest BCUT2D eigenvalue weighted by Crippen LogP contribution is 2.49. The summed E-state index contributed by atoms with van der Waals surface area (Å²) >= 11 is 9.54. The first kappa shape index (κ1) is 27.3. The van der Waals surface area contributed by atoms with Crippen molar-refractivity contribution in [3.8, 4) is 16.3 Å². The molecule has 41 heavy (non-hydrogen) atoms. The number of aryl methyl sites for hydroxylation is 1. The molecule has 0 saturated heterocycles. The Hall–Kier alpha value is -3.92. The second-order valence-corrected chi connectivity index (χ2v) is 12.1. The Morgan fingerprint density at radius 3 is 2.66 bits per heavy atom. The lowest BCUT2D eigenvalue weighted by molar-refractivity contribution is -0.123. The minimum absolute atomic E-state index is 0.150. The van der Waals surface area contributed by atoms with Gasteiger partial charge >= 0.3 is 0 Å². The molecule has 6 rings (SSSR count). The second kappa shape index (κ2) is 11.9. The van der Waals surface area contributed by atoms with E-state index in [0.29, 0.717) is 10.8 Å². The van der Waals surface area contributed by atoms with Gasteiger partial charge in [0.2, 0.25) is 11.8 Å². The third-order valence-corrected chi connectivity index (χ3v) is 9.13. The molecule has 1 atom stereocenters. The lowest BCUT2D eigenvalue weighted by Gasteiger charge is -2.23. The molecule has 0 bridgehead atoms. The van der Waals surface area contributed by atoms with Crippen LogP contribution in [0.15, 0.2) is 90.4 Å². The van der Waals surface area contributed by atoms with Crippen LogP contribution in [-0.2, 0) is 16.1 Å². The quantitative estimate of drug-likeness (QED) is 0.233. The topological polar surface area (TPSA) is 80.1 Å². The molecular formula is C31H26ClN5O2S2. The third-order valence-electron chi connectivity index (χ3n) is 6.77. The van der Waals surface area contributed by atoms with Crippen LogP contribution >= 0.6 is 34.7 Å². The number of nitrogens with zero attached hydrogens (tertiary/aromatic N) is 4. The molecule has 206 valence electrons. The minimum Gasteiger partial charge on any atom is -0.349 e. The van der Waals surface area contributed by atoms with E-state index in [1.54, 1.807) is 27.1 Å². The zero-order valence-electron chi connectivity index (χ0n) is 22.2. The van der Waals surface area contributed by atoms with Crippen molar-refractivity contribution in [2.75, 3.05) is 17.2 Å². The van der Waals surface area contributed by atoms with Gasteiger partial charge in [-0.25, -0.2) is 4.68 Å². The van der Waals surface area contributed by atoms with E-state index in [4.69, 9.17) is 16.7 Å². The molecule has 0 fully saturated rings. The number of thiophene rings is 1. The summed E-state index contributed by atoms with van der Waals surface area (Å²) in [5.41, 5.74) is 5.28. The number of thioether (sulfide) groups is 1. The van der Waals surface area contributed by atoms with Gasteiger partial charge in [0, 0.05) is 16.8 Å². The van der Waals surface area contributed by atoms with Gasteiger partial charge in [-0.2, -0.15) is 5.10 Å². The maximum Gasteiger partial charge on any atom is 0.240 e. The molecule has 0 aliphatic carbocycles. The van der Waals surface area contributed by atoms with Crippen LogP contribution in [0.2, 0.25) is 5.02 Å². The largest absolute Gasteiger partial charge is 0.349 e. The highest BCUT2D eigenvalue weighted by atomic mass is 35.5. The molecule has 4 heterocycles. The summed E-state index contributed by atoms with van der Waals surface area (Å²) < 4.78 is 1.80. The molecule has 1 aliphatic rings. The fraction of sp³-hybridized carbons (Fsp3) is 0.161. The monoisotopic (exact) mass is 599 g/mol. The van der Waals surface area contributed by atoms with E-state index in [0.717, 1.165) is 38.6 Å². The molecule has 2 amide bonds. The summed E-state index contributed by atoms with van der Waals surface area (Å²) in [5, 5.41) is 10.4. The molecule has 1 N–H and O–H groups in total. The number of benzene rings is 2. The number of hydrogen-bond acceptors (Lipinski definition) is 6. The van der Waals surface area contributed by atoms with Gasteiger partial charge in [0.25, 0.3) is 0 Å². The van der Waals surface area contributed by atoms with Gasteiger partial charge in [0.1, 0.15) is 18.1 Å². The van der Waals surface area contributed by atoms with Gasteiger partial charge in [0.05, 0.1) is 33.8 Å².